The van der Waals surface area contributed by atoms with Gasteiger partial charge in [-0.15, -0.1) is 0 Å². The summed E-state index contributed by atoms with van der Waals surface area (Å²) < 4.78 is 11.2. The highest BCUT2D eigenvalue weighted by Crippen LogP contribution is 2.36. The maximum Gasteiger partial charge on any atom is 0.261 e. The Morgan fingerprint density at radius 3 is 2.70 bits per heavy atom. The molecular formula is C28H34N6O3. The summed E-state index contributed by atoms with van der Waals surface area (Å²) in [6.45, 7) is 4.93. The molecule has 2 aromatic carbocycles. The summed E-state index contributed by atoms with van der Waals surface area (Å²) >= 11 is 0. The van der Waals surface area contributed by atoms with E-state index in [0.29, 0.717) is 41.8 Å². The highest BCUT2D eigenvalue weighted by molar-refractivity contribution is 5.92. The molecule has 0 bridgehead atoms. The highest BCUT2D eigenvalue weighted by atomic mass is 16.5. The van der Waals surface area contributed by atoms with E-state index in [9.17, 15) is 4.79 Å². The van der Waals surface area contributed by atoms with E-state index in [4.69, 9.17) is 20.9 Å². The molecule has 194 valence electrons. The number of nitrogens with zero attached hydrogens (tertiary/aromatic N) is 3. The lowest BCUT2D eigenvalue weighted by atomic mass is 9.91. The number of hydrogen-bond acceptors (Lipinski definition) is 8. The van der Waals surface area contributed by atoms with Crippen molar-refractivity contribution >= 4 is 23.7 Å². The van der Waals surface area contributed by atoms with Gasteiger partial charge in [0.25, 0.3) is 5.91 Å². The Balaban J connectivity index is 1.64. The molecule has 0 radical (unpaired) electrons. The van der Waals surface area contributed by atoms with Gasteiger partial charge in [-0.2, -0.15) is 4.98 Å². The summed E-state index contributed by atoms with van der Waals surface area (Å²) in [5, 5.41) is 1.73. The number of fused-ring (bicyclic) bond motifs is 1. The van der Waals surface area contributed by atoms with Crippen LogP contribution in [0.25, 0.3) is 6.08 Å². The third-order valence-electron chi connectivity index (χ3n) is 6.38. The third kappa shape index (κ3) is 5.83. The van der Waals surface area contributed by atoms with Crippen molar-refractivity contribution in [3.63, 3.8) is 0 Å². The second kappa shape index (κ2) is 11.3. The number of nitrogen functional groups attached to an aromatic ring is 2. The molecule has 0 fully saturated rings. The fraction of sp³-hybridized carbons (Fsp3) is 0.321. The SMILES string of the molecule is COc1cc(Cc2cnc(N)nc2N)cc(/C=C/C(=O)N2NCc3ccccc3[C@@H]2CC(C)C)c1OC. The molecule has 1 aliphatic heterocycles. The molecule has 1 aliphatic rings. The van der Waals surface area contributed by atoms with Gasteiger partial charge in [-0.25, -0.2) is 10.4 Å². The van der Waals surface area contributed by atoms with Crippen LogP contribution in [0.15, 0.2) is 48.7 Å². The number of anilines is 2. The summed E-state index contributed by atoms with van der Waals surface area (Å²) in [5.41, 5.74) is 19.7. The Morgan fingerprint density at radius 1 is 1.22 bits per heavy atom. The molecule has 9 nitrogen and oxygen atoms in total. The number of carbonyl (C=O) groups is 1. The van der Waals surface area contributed by atoms with Crippen LogP contribution in [0, 0.1) is 5.92 Å². The van der Waals surface area contributed by atoms with Gasteiger partial charge < -0.3 is 20.9 Å². The molecule has 5 N–H and O–H groups in total. The molecule has 1 atom stereocenters. The predicted molar refractivity (Wildman–Crippen MR) is 145 cm³/mol. The monoisotopic (exact) mass is 502 g/mol. The molecule has 4 rings (SSSR count). The Labute approximate surface area is 217 Å². The van der Waals surface area contributed by atoms with Gasteiger partial charge in [0.1, 0.15) is 5.82 Å². The van der Waals surface area contributed by atoms with Gasteiger partial charge in [0.15, 0.2) is 11.5 Å². The number of rotatable bonds is 8. The number of carbonyl (C=O) groups excluding carboxylic acids is 1. The second-order valence-corrected chi connectivity index (χ2v) is 9.46. The Hall–Kier alpha value is -4.11. The summed E-state index contributed by atoms with van der Waals surface area (Å²) in [5.74, 6) is 1.81. The standard InChI is InChI=1S/C28H34N6O3/c1-17(2)11-23-22-8-6-5-7-20(22)16-32-34(23)25(35)10-9-19-12-18(14-24(36-3)26(19)37-4)13-21-15-31-28(30)33-27(21)29/h5-10,12,14-15,17,23,32H,11,13,16H2,1-4H3,(H4,29,30,31,33)/b10-9+/t23-/m0/s1. The minimum atomic E-state index is -0.136. The van der Waals surface area contributed by atoms with E-state index in [1.54, 1.807) is 37.6 Å². The predicted octanol–water partition coefficient (Wildman–Crippen LogP) is 3.90. The number of nitrogens with one attached hydrogen (secondary N) is 1. The lowest BCUT2D eigenvalue weighted by molar-refractivity contribution is -0.133. The van der Waals surface area contributed by atoms with Crippen LogP contribution >= 0.6 is 0 Å². The van der Waals surface area contributed by atoms with Gasteiger partial charge in [-0.05, 0) is 47.2 Å². The van der Waals surface area contributed by atoms with Crippen molar-refractivity contribution < 1.29 is 14.3 Å². The number of ether oxygens (including phenoxy) is 2. The first-order chi connectivity index (χ1) is 17.8. The molecular weight excluding hydrogens is 468 g/mol. The van der Waals surface area contributed by atoms with Gasteiger partial charge >= 0.3 is 0 Å². The summed E-state index contributed by atoms with van der Waals surface area (Å²) in [6, 6.07) is 12.0. The van der Waals surface area contributed by atoms with Crippen molar-refractivity contribution in [2.45, 2.75) is 39.3 Å². The molecule has 0 unspecified atom stereocenters. The fourth-order valence-electron chi connectivity index (χ4n) is 4.66. The van der Waals surface area contributed by atoms with Gasteiger partial charge in [-0.1, -0.05) is 38.1 Å². The maximum absolute atomic E-state index is 13.4. The minimum absolute atomic E-state index is 0.0571. The number of benzene rings is 2. The van der Waals surface area contributed by atoms with Crippen molar-refractivity contribution in [3.8, 4) is 11.5 Å². The van der Waals surface area contributed by atoms with Gasteiger partial charge in [0.2, 0.25) is 5.95 Å². The fourth-order valence-corrected chi connectivity index (χ4v) is 4.66. The van der Waals surface area contributed by atoms with Crippen LogP contribution < -0.4 is 26.4 Å². The quantitative estimate of drug-likeness (QED) is 0.396. The molecule has 2 heterocycles. The van der Waals surface area contributed by atoms with Gasteiger partial charge in [0.05, 0.1) is 20.3 Å². The molecule has 0 spiro atoms. The van der Waals surface area contributed by atoms with E-state index in [-0.39, 0.29) is 17.9 Å². The number of methoxy groups -OCH3 is 2. The first-order valence-electron chi connectivity index (χ1n) is 12.2. The van der Waals surface area contributed by atoms with Crippen LogP contribution in [-0.2, 0) is 17.8 Å². The van der Waals surface area contributed by atoms with E-state index in [2.05, 4.69) is 41.4 Å². The van der Waals surface area contributed by atoms with E-state index in [1.165, 1.54) is 11.1 Å². The van der Waals surface area contributed by atoms with Crippen LogP contribution in [-0.4, -0.2) is 35.1 Å². The molecule has 0 saturated heterocycles. The van der Waals surface area contributed by atoms with Crippen LogP contribution in [0.4, 0.5) is 11.8 Å². The summed E-state index contributed by atoms with van der Waals surface area (Å²) in [7, 11) is 3.15. The molecule has 1 amide bonds. The first kappa shape index (κ1) is 26.0. The van der Waals surface area contributed by atoms with Crippen LogP contribution in [0.2, 0.25) is 0 Å². The molecule has 3 aromatic rings. The highest BCUT2D eigenvalue weighted by Gasteiger charge is 2.30. The lowest BCUT2D eigenvalue weighted by Gasteiger charge is -2.38. The summed E-state index contributed by atoms with van der Waals surface area (Å²) in [6.07, 6.45) is 6.24. The summed E-state index contributed by atoms with van der Waals surface area (Å²) in [4.78, 5) is 21.5. The Bertz CT molecular complexity index is 1310. The maximum atomic E-state index is 13.4. The molecule has 0 saturated carbocycles. The third-order valence-corrected chi connectivity index (χ3v) is 6.38. The van der Waals surface area contributed by atoms with Crippen LogP contribution in [0.5, 0.6) is 11.5 Å². The van der Waals surface area contributed by atoms with E-state index in [1.807, 2.05) is 24.3 Å². The topological polar surface area (TPSA) is 129 Å². The molecule has 9 heteroatoms. The van der Waals surface area contributed by atoms with E-state index >= 15 is 0 Å². The number of amides is 1. The number of hydrazine groups is 1. The number of nitrogens with two attached hydrogens (primary N) is 2. The van der Waals surface area contributed by atoms with Crippen molar-refractivity contribution in [1.29, 1.82) is 0 Å². The first-order valence-corrected chi connectivity index (χ1v) is 12.2. The van der Waals surface area contributed by atoms with Crippen molar-refractivity contribution in [2.24, 2.45) is 5.92 Å². The molecule has 0 aliphatic carbocycles. The van der Waals surface area contributed by atoms with E-state index in [0.717, 1.165) is 17.5 Å². The smallest absolute Gasteiger partial charge is 0.261 e. The minimum Gasteiger partial charge on any atom is -0.493 e. The normalized spacial score (nSPS) is 15.2. The number of hydrogen-bond donors (Lipinski definition) is 3. The molecule has 37 heavy (non-hydrogen) atoms. The Kier molecular flexibility index (Phi) is 7.93. The van der Waals surface area contributed by atoms with Crippen molar-refractivity contribution in [1.82, 2.24) is 20.4 Å². The average Bonchev–Trinajstić information content (AvgIpc) is 2.88. The van der Waals surface area contributed by atoms with Crippen LogP contribution in [0.3, 0.4) is 0 Å². The second-order valence-electron chi connectivity index (χ2n) is 9.46. The average molecular weight is 503 g/mol. The molecule has 1 aromatic heterocycles. The van der Waals surface area contributed by atoms with Gasteiger partial charge in [0, 0.05) is 36.4 Å². The van der Waals surface area contributed by atoms with Crippen molar-refractivity contribution in [3.05, 3.63) is 76.5 Å². The van der Waals surface area contributed by atoms with Crippen LogP contribution in [0.1, 0.15) is 54.1 Å². The zero-order valence-electron chi connectivity index (χ0n) is 21.7. The lowest BCUT2D eigenvalue weighted by Crippen LogP contribution is -2.48. The Morgan fingerprint density at radius 2 is 2.00 bits per heavy atom. The zero-order chi connectivity index (χ0) is 26.5. The largest absolute Gasteiger partial charge is 0.493 e. The van der Waals surface area contributed by atoms with Crippen molar-refractivity contribution in [2.75, 3.05) is 25.7 Å². The number of aromatic nitrogens is 2. The van der Waals surface area contributed by atoms with Gasteiger partial charge in [-0.3, -0.25) is 9.80 Å². The zero-order valence-corrected chi connectivity index (χ0v) is 21.7. The van der Waals surface area contributed by atoms with E-state index < -0.39 is 0 Å².